The Morgan fingerprint density at radius 3 is 2.38 bits per heavy atom. The fraction of sp³-hybridized carbons (Fsp3) is 0.526. The first-order valence-electron chi connectivity index (χ1n) is 9.16. The summed E-state index contributed by atoms with van der Waals surface area (Å²) in [6.07, 6.45) is 5.68. The van der Waals surface area contributed by atoms with Crippen molar-refractivity contribution in [3.8, 4) is 0 Å². The lowest BCUT2D eigenvalue weighted by Gasteiger charge is -2.23. The number of nitrogens with one attached hydrogen (secondary N) is 4. The second kappa shape index (κ2) is 9.79. The van der Waals surface area contributed by atoms with Gasteiger partial charge in [0.05, 0.1) is 0 Å². The zero-order valence-electron chi connectivity index (χ0n) is 15.5. The minimum atomic E-state index is -0.349. The van der Waals surface area contributed by atoms with Crippen molar-refractivity contribution in [3.05, 3.63) is 29.3 Å². The molecule has 1 aliphatic rings. The quantitative estimate of drug-likeness (QED) is 0.586. The third-order valence-corrected chi connectivity index (χ3v) is 4.46. The summed E-state index contributed by atoms with van der Waals surface area (Å²) in [5, 5.41) is 11.1. The van der Waals surface area contributed by atoms with E-state index in [0.29, 0.717) is 24.3 Å². The van der Waals surface area contributed by atoms with E-state index in [9.17, 15) is 14.4 Å². The topological polar surface area (TPSA) is 99.3 Å². The lowest BCUT2D eigenvalue weighted by atomic mass is 9.95. The van der Waals surface area contributed by atoms with Gasteiger partial charge in [-0.3, -0.25) is 9.59 Å². The van der Waals surface area contributed by atoms with Crippen molar-refractivity contribution in [3.63, 3.8) is 0 Å². The van der Waals surface area contributed by atoms with Crippen LogP contribution in [0.2, 0.25) is 0 Å². The minimum absolute atomic E-state index is 0.0636. The predicted molar refractivity (Wildman–Crippen MR) is 101 cm³/mol. The van der Waals surface area contributed by atoms with Crippen molar-refractivity contribution < 1.29 is 14.4 Å². The molecule has 0 saturated heterocycles. The predicted octanol–water partition coefficient (Wildman–Crippen LogP) is 2.32. The maximum absolute atomic E-state index is 12.4. The van der Waals surface area contributed by atoms with Crippen LogP contribution in [0.4, 0.5) is 10.5 Å². The average Bonchev–Trinajstić information content (AvgIpc) is 2.61. The molecule has 26 heavy (non-hydrogen) atoms. The SMILES string of the molecule is CC(=O)NCCNC(=O)Nc1ccc(C(=O)NC2CCCCC2)cc1C. The Balaban J connectivity index is 1.84. The van der Waals surface area contributed by atoms with E-state index in [1.54, 1.807) is 18.2 Å². The van der Waals surface area contributed by atoms with Gasteiger partial charge >= 0.3 is 6.03 Å². The number of carbonyl (C=O) groups excluding carboxylic acids is 3. The number of carbonyl (C=O) groups is 3. The van der Waals surface area contributed by atoms with Gasteiger partial charge in [-0.05, 0) is 43.5 Å². The molecule has 1 aliphatic carbocycles. The lowest BCUT2D eigenvalue weighted by molar-refractivity contribution is -0.118. The summed E-state index contributed by atoms with van der Waals surface area (Å²) in [6, 6.07) is 5.16. The van der Waals surface area contributed by atoms with Crippen molar-refractivity contribution in [1.29, 1.82) is 0 Å². The summed E-state index contributed by atoms with van der Waals surface area (Å²) in [6.45, 7) is 3.99. The molecule has 0 atom stereocenters. The average molecular weight is 360 g/mol. The van der Waals surface area contributed by atoms with Gasteiger partial charge in [0.15, 0.2) is 0 Å². The van der Waals surface area contributed by atoms with E-state index in [1.165, 1.54) is 26.2 Å². The summed E-state index contributed by atoms with van der Waals surface area (Å²) in [7, 11) is 0. The van der Waals surface area contributed by atoms with Crippen LogP contribution in [0, 0.1) is 6.92 Å². The summed E-state index contributed by atoms with van der Waals surface area (Å²) in [4.78, 5) is 35.0. The molecule has 142 valence electrons. The maximum atomic E-state index is 12.4. The highest BCUT2D eigenvalue weighted by molar-refractivity contribution is 5.96. The molecule has 0 spiro atoms. The Kier molecular flexibility index (Phi) is 7.44. The second-order valence-corrected chi connectivity index (χ2v) is 6.70. The number of anilines is 1. The molecule has 1 saturated carbocycles. The smallest absolute Gasteiger partial charge is 0.319 e. The van der Waals surface area contributed by atoms with E-state index in [1.807, 2.05) is 6.92 Å². The molecule has 1 aromatic rings. The number of urea groups is 1. The van der Waals surface area contributed by atoms with Gasteiger partial charge in [-0.2, -0.15) is 0 Å². The molecular formula is C19H28N4O3. The van der Waals surface area contributed by atoms with Crippen LogP contribution in [0.1, 0.15) is 54.9 Å². The third-order valence-electron chi connectivity index (χ3n) is 4.46. The van der Waals surface area contributed by atoms with E-state index >= 15 is 0 Å². The van der Waals surface area contributed by atoms with E-state index in [4.69, 9.17) is 0 Å². The zero-order chi connectivity index (χ0) is 18.9. The highest BCUT2D eigenvalue weighted by Gasteiger charge is 2.17. The molecule has 7 nitrogen and oxygen atoms in total. The Morgan fingerprint density at radius 1 is 1.04 bits per heavy atom. The van der Waals surface area contributed by atoms with E-state index in [2.05, 4.69) is 21.3 Å². The molecular weight excluding hydrogens is 332 g/mol. The van der Waals surface area contributed by atoms with Crippen LogP contribution in [-0.2, 0) is 4.79 Å². The lowest BCUT2D eigenvalue weighted by Crippen LogP contribution is -2.36. The van der Waals surface area contributed by atoms with Crippen molar-refractivity contribution in [2.45, 2.75) is 52.0 Å². The van der Waals surface area contributed by atoms with Crippen LogP contribution in [-0.4, -0.2) is 37.0 Å². The van der Waals surface area contributed by atoms with Crippen molar-refractivity contribution in [2.75, 3.05) is 18.4 Å². The van der Waals surface area contributed by atoms with Crippen LogP contribution in [0.3, 0.4) is 0 Å². The van der Waals surface area contributed by atoms with Crippen molar-refractivity contribution in [1.82, 2.24) is 16.0 Å². The summed E-state index contributed by atoms with van der Waals surface area (Å²) in [5.41, 5.74) is 2.07. The first kappa shape index (κ1) is 19.8. The second-order valence-electron chi connectivity index (χ2n) is 6.70. The molecule has 4 N–H and O–H groups in total. The maximum Gasteiger partial charge on any atom is 0.319 e. The minimum Gasteiger partial charge on any atom is -0.355 e. The number of aryl methyl sites for hydroxylation is 1. The van der Waals surface area contributed by atoms with Crippen molar-refractivity contribution >= 4 is 23.5 Å². The van der Waals surface area contributed by atoms with Gasteiger partial charge in [-0.1, -0.05) is 19.3 Å². The standard InChI is InChI=1S/C19H28N4O3/c1-13-12-15(18(25)22-16-6-4-3-5-7-16)8-9-17(13)23-19(26)21-11-10-20-14(2)24/h8-9,12,16H,3-7,10-11H2,1-2H3,(H,20,24)(H,22,25)(H2,21,23,26). The van der Waals surface area contributed by atoms with Gasteiger partial charge in [0.1, 0.15) is 0 Å². The van der Waals surface area contributed by atoms with Crippen molar-refractivity contribution in [2.24, 2.45) is 0 Å². The molecule has 0 radical (unpaired) electrons. The fourth-order valence-corrected chi connectivity index (χ4v) is 3.04. The first-order valence-corrected chi connectivity index (χ1v) is 9.16. The molecule has 2 rings (SSSR count). The normalized spacial score (nSPS) is 14.4. The number of hydrogen-bond donors (Lipinski definition) is 4. The third kappa shape index (κ3) is 6.38. The molecule has 4 amide bonds. The molecule has 0 aliphatic heterocycles. The summed E-state index contributed by atoms with van der Waals surface area (Å²) in [5.74, 6) is -0.198. The number of rotatable bonds is 6. The summed E-state index contributed by atoms with van der Waals surface area (Å²) < 4.78 is 0. The molecule has 1 fully saturated rings. The molecule has 0 aromatic heterocycles. The Morgan fingerprint density at radius 2 is 1.73 bits per heavy atom. The van der Waals surface area contributed by atoms with E-state index in [-0.39, 0.29) is 23.9 Å². The van der Waals surface area contributed by atoms with Gasteiger partial charge in [0, 0.05) is 37.3 Å². The number of benzene rings is 1. The van der Waals surface area contributed by atoms with Crippen LogP contribution < -0.4 is 21.3 Å². The van der Waals surface area contributed by atoms with Gasteiger partial charge in [-0.15, -0.1) is 0 Å². The Labute approximate surface area is 154 Å². The number of amides is 4. The van der Waals surface area contributed by atoms with Crippen LogP contribution in [0.15, 0.2) is 18.2 Å². The first-order chi connectivity index (χ1) is 12.5. The largest absolute Gasteiger partial charge is 0.355 e. The van der Waals surface area contributed by atoms with Gasteiger partial charge in [0.2, 0.25) is 5.91 Å². The van der Waals surface area contributed by atoms with Crippen LogP contribution >= 0.6 is 0 Å². The van der Waals surface area contributed by atoms with Crippen LogP contribution in [0.5, 0.6) is 0 Å². The highest BCUT2D eigenvalue weighted by atomic mass is 16.2. The fourth-order valence-electron chi connectivity index (χ4n) is 3.04. The molecule has 1 aromatic carbocycles. The van der Waals surface area contributed by atoms with Gasteiger partial charge in [-0.25, -0.2) is 4.79 Å². The Bertz CT molecular complexity index is 654. The summed E-state index contributed by atoms with van der Waals surface area (Å²) >= 11 is 0. The molecule has 0 bridgehead atoms. The molecule has 7 heteroatoms. The van der Waals surface area contributed by atoms with Crippen LogP contribution in [0.25, 0.3) is 0 Å². The van der Waals surface area contributed by atoms with Gasteiger partial charge in [0.25, 0.3) is 5.91 Å². The molecule has 0 heterocycles. The molecule has 0 unspecified atom stereocenters. The Hall–Kier alpha value is -2.57. The van der Waals surface area contributed by atoms with E-state index in [0.717, 1.165) is 18.4 Å². The monoisotopic (exact) mass is 360 g/mol. The highest BCUT2D eigenvalue weighted by Crippen LogP contribution is 2.19. The van der Waals surface area contributed by atoms with Gasteiger partial charge < -0.3 is 21.3 Å². The zero-order valence-corrected chi connectivity index (χ0v) is 15.5. The number of hydrogen-bond acceptors (Lipinski definition) is 3. The van der Waals surface area contributed by atoms with E-state index < -0.39 is 0 Å².